The summed E-state index contributed by atoms with van der Waals surface area (Å²) < 4.78 is 11.8. The van der Waals surface area contributed by atoms with Crippen LogP contribution in [0.25, 0.3) is 11.3 Å². The van der Waals surface area contributed by atoms with Gasteiger partial charge in [0.2, 0.25) is 0 Å². The molecule has 0 saturated heterocycles. The highest BCUT2D eigenvalue weighted by Gasteiger charge is 2.46. The number of aryl methyl sites for hydroxylation is 1. The van der Waals surface area contributed by atoms with Crippen molar-refractivity contribution < 1.29 is 14.3 Å². The normalized spacial score (nSPS) is 17.9. The third kappa shape index (κ3) is 4.42. The molecule has 0 bridgehead atoms. The third-order valence-electron chi connectivity index (χ3n) is 7.30. The molecule has 1 N–H and O–H groups in total. The Morgan fingerprint density at radius 2 is 1.83 bits per heavy atom. The Bertz CT molecular complexity index is 1190. The Morgan fingerprint density at radius 3 is 2.51 bits per heavy atom. The van der Waals surface area contributed by atoms with Gasteiger partial charge in [-0.2, -0.15) is 5.10 Å². The maximum atomic E-state index is 13.7. The van der Waals surface area contributed by atoms with Crippen molar-refractivity contribution in [2.24, 2.45) is 5.92 Å². The summed E-state index contributed by atoms with van der Waals surface area (Å²) in [5.41, 5.74) is 5.63. The molecule has 6 nitrogen and oxygen atoms in total. The minimum atomic E-state index is -0.214. The largest absolute Gasteiger partial charge is 0.493 e. The molecule has 1 unspecified atom stereocenters. The smallest absolute Gasteiger partial charge is 0.273 e. The second kappa shape index (κ2) is 9.76. The maximum Gasteiger partial charge on any atom is 0.273 e. The van der Waals surface area contributed by atoms with Crippen LogP contribution in [0.2, 0.25) is 0 Å². The van der Waals surface area contributed by atoms with Crippen LogP contribution in [-0.2, 0) is 0 Å². The zero-order valence-electron chi connectivity index (χ0n) is 21.1. The monoisotopic (exact) mass is 473 g/mol. The zero-order chi connectivity index (χ0) is 24.5. The van der Waals surface area contributed by atoms with Gasteiger partial charge in [0, 0.05) is 17.2 Å². The minimum absolute atomic E-state index is 0.0407. The summed E-state index contributed by atoms with van der Waals surface area (Å²) in [6, 6.07) is 14.4. The maximum absolute atomic E-state index is 13.7. The van der Waals surface area contributed by atoms with Crippen LogP contribution < -0.4 is 9.47 Å². The minimum Gasteiger partial charge on any atom is -0.493 e. The second-order valence-corrected chi connectivity index (χ2v) is 10.2. The van der Waals surface area contributed by atoms with E-state index in [1.807, 2.05) is 12.1 Å². The molecule has 3 aromatic rings. The first-order valence-corrected chi connectivity index (χ1v) is 12.8. The van der Waals surface area contributed by atoms with Crippen LogP contribution in [0.15, 0.2) is 42.5 Å². The number of hydrogen-bond acceptors (Lipinski definition) is 4. The molecule has 1 aliphatic carbocycles. The first-order valence-electron chi connectivity index (χ1n) is 12.8. The lowest BCUT2D eigenvalue weighted by Gasteiger charge is -2.32. The van der Waals surface area contributed by atoms with Gasteiger partial charge in [0.1, 0.15) is 5.69 Å². The van der Waals surface area contributed by atoms with Crippen LogP contribution in [0.1, 0.15) is 79.2 Å². The van der Waals surface area contributed by atoms with E-state index in [0.29, 0.717) is 24.0 Å². The number of rotatable bonds is 8. The molecule has 1 atom stereocenters. The standard InChI is InChI=1S/C29H35N3O3/c1-18(2)15-16-35-23-14-13-21(17-24(23)34-4)28-25-26(20-11-9-19(3)10-12-20)30-31-27(25)29(33)32(28)22-7-5-6-8-22/h9-14,17-18,22,28H,5-8,15-16H2,1-4H3,(H,30,31). The van der Waals surface area contributed by atoms with E-state index in [0.717, 1.165) is 60.2 Å². The average Bonchev–Trinajstić information content (AvgIpc) is 3.58. The number of H-pyrrole nitrogens is 1. The van der Waals surface area contributed by atoms with Gasteiger partial charge in [0.25, 0.3) is 5.91 Å². The number of hydrogen-bond donors (Lipinski definition) is 1. The lowest BCUT2D eigenvalue weighted by Crippen LogP contribution is -2.37. The fourth-order valence-electron chi connectivity index (χ4n) is 5.36. The van der Waals surface area contributed by atoms with Crippen molar-refractivity contribution in [2.75, 3.05) is 13.7 Å². The summed E-state index contributed by atoms with van der Waals surface area (Å²) in [7, 11) is 1.67. The lowest BCUT2D eigenvalue weighted by molar-refractivity contribution is 0.0660. The summed E-state index contributed by atoms with van der Waals surface area (Å²) in [6.07, 6.45) is 5.37. The van der Waals surface area contributed by atoms with Crippen molar-refractivity contribution >= 4 is 5.91 Å². The van der Waals surface area contributed by atoms with Crippen molar-refractivity contribution in [3.05, 3.63) is 64.8 Å². The average molecular weight is 474 g/mol. The van der Waals surface area contributed by atoms with Crippen molar-refractivity contribution in [3.63, 3.8) is 0 Å². The summed E-state index contributed by atoms with van der Waals surface area (Å²) in [5.74, 6) is 2.04. The quantitative estimate of drug-likeness (QED) is 0.416. The van der Waals surface area contributed by atoms with Crippen LogP contribution in [0.4, 0.5) is 0 Å². The van der Waals surface area contributed by atoms with Gasteiger partial charge in [-0.05, 0) is 49.8 Å². The number of carbonyl (C=O) groups excluding carboxylic acids is 1. The van der Waals surface area contributed by atoms with E-state index < -0.39 is 0 Å². The summed E-state index contributed by atoms with van der Waals surface area (Å²) >= 11 is 0. The molecule has 5 rings (SSSR count). The molecule has 2 aliphatic rings. The number of benzene rings is 2. The molecular weight excluding hydrogens is 438 g/mol. The highest BCUT2D eigenvalue weighted by molar-refractivity contribution is 6.00. The Labute approximate surface area is 207 Å². The zero-order valence-corrected chi connectivity index (χ0v) is 21.1. The van der Waals surface area contributed by atoms with Crippen LogP contribution in [0.3, 0.4) is 0 Å². The number of nitrogens with zero attached hydrogens (tertiary/aromatic N) is 2. The van der Waals surface area contributed by atoms with E-state index in [2.05, 4.69) is 66.2 Å². The van der Waals surface area contributed by atoms with E-state index in [1.165, 1.54) is 5.56 Å². The topological polar surface area (TPSA) is 67.5 Å². The number of nitrogens with one attached hydrogen (secondary N) is 1. The van der Waals surface area contributed by atoms with Gasteiger partial charge in [-0.3, -0.25) is 9.89 Å². The predicted molar refractivity (Wildman–Crippen MR) is 137 cm³/mol. The molecular formula is C29H35N3O3. The predicted octanol–water partition coefficient (Wildman–Crippen LogP) is 6.31. The summed E-state index contributed by atoms with van der Waals surface area (Å²) in [6.45, 7) is 7.09. The molecule has 2 heterocycles. The van der Waals surface area contributed by atoms with E-state index in [-0.39, 0.29) is 18.0 Å². The number of carbonyl (C=O) groups is 1. The van der Waals surface area contributed by atoms with Crippen molar-refractivity contribution in [2.45, 2.75) is 65.0 Å². The second-order valence-electron chi connectivity index (χ2n) is 10.2. The first kappa shape index (κ1) is 23.5. The highest BCUT2D eigenvalue weighted by Crippen LogP contribution is 2.47. The van der Waals surface area contributed by atoms with Gasteiger partial charge in [-0.15, -0.1) is 0 Å². The number of aromatic amines is 1. The fourth-order valence-corrected chi connectivity index (χ4v) is 5.36. The molecule has 1 aliphatic heterocycles. The van der Waals surface area contributed by atoms with Gasteiger partial charge < -0.3 is 14.4 Å². The number of fused-ring (bicyclic) bond motifs is 1. The van der Waals surface area contributed by atoms with Gasteiger partial charge in [0.15, 0.2) is 11.5 Å². The van der Waals surface area contributed by atoms with Gasteiger partial charge in [-0.1, -0.05) is 62.6 Å². The molecule has 6 heteroatoms. The molecule has 35 heavy (non-hydrogen) atoms. The Hall–Kier alpha value is -3.28. The molecule has 184 valence electrons. The molecule has 2 aromatic carbocycles. The van der Waals surface area contributed by atoms with Crippen LogP contribution in [0, 0.1) is 12.8 Å². The van der Waals surface area contributed by atoms with Crippen LogP contribution >= 0.6 is 0 Å². The Kier molecular flexibility index (Phi) is 6.54. The van der Waals surface area contributed by atoms with E-state index in [4.69, 9.17) is 9.47 Å². The van der Waals surface area contributed by atoms with E-state index >= 15 is 0 Å². The Morgan fingerprint density at radius 1 is 1.09 bits per heavy atom. The van der Waals surface area contributed by atoms with Gasteiger partial charge >= 0.3 is 0 Å². The first-order chi connectivity index (χ1) is 17.0. The van der Waals surface area contributed by atoms with E-state index in [9.17, 15) is 4.79 Å². The van der Waals surface area contributed by atoms with Gasteiger partial charge in [0.05, 0.1) is 25.5 Å². The number of amides is 1. The van der Waals surface area contributed by atoms with Gasteiger partial charge in [-0.25, -0.2) is 0 Å². The molecule has 1 saturated carbocycles. The van der Waals surface area contributed by atoms with Crippen molar-refractivity contribution in [1.82, 2.24) is 15.1 Å². The highest BCUT2D eigenvalue weighted by atomic mass is 16.5. The van der Waals surface area contributed by atoms with Crippen molar-refractivity contribution in [1.29, 1.82) is 0 Å². The van der Waals surface area contributed by atoms with E-state index in [1.54, 1.807) is 7.11 Å². The lowest BCUT2D eigenvalue weighted by atomic mass is 9.94. The Balaban J connectivity index is 1.57. The molecule has 1 aromatic heterocycles. The molecule has 0 radical (unpaired) electrons. The summed E-state index contributed by atoms with van der Waals surface area (Å²) in [4.78, 5) is 15.8. The SMILES string of the molecule is COc1cc(C2c3c(-c4ccc(C)cc4)n[nH]c3C(=O)N2C2CCCC2)ccc1OCCC(C)C. The molecule has 1 amide bonds. The fraction of sp³-hybridized carbons (Fsp3) is 0.448. The van der Waals surface area contributed by atoms with Crippen LogP contribution in [0.5, 0.6) is 11.5 Å². The molecule has 0 spiro atoms. The van der Waals surface area contributed by atoms with Crippen LogP contribution in [-0.4, -0.2) is 40.8 Å². The third-order valence-corrected chi connectivity index (χ3v) is 7.30. The number of methoxy groups -OCH3 is 1. The van der Waals surface area contributed by atoms with Crippen molar-refractivity contribution in [3.8, 4) is 22.8 Å². The molecule has 1 fully saturated rings. The number of aromatic nitrogens is 2. The summed E-state index contributed by atoms with van der Waals surface area (Å²) in [5, 5.41) is 7.70. The number of ether oxygens (including phenoxy) is 2.